The second-order valence-electron chi connectivity index (χ2n) is 8.63. The molecule has 0 amide bonds. The Morgan fingerprint density at radius 2 is 1.67 bits per heavy atom. The van der Waals surface area contributed by atoms with Crippen LogP contribution in [0.2, 0.25) is 0 Å². The minimum atomic E-state index is -4.25. The van der Waals surface area contributed by atoms with Gasteiger partial charge in [0, 0.05) is 22.6 Å². The summed E-state index contributed by atoms with van der Waals surface area (Å²) in [5, 5.41) is 2.00. The topological polar surface area (TPSA) is 12.9 Å². The number of hydrogen-bond acceptors (Lipinski definition) is 1. The molecule has 1 aliphatic carbocycles. The van der Waals surface area contributed by atoms with Crippen molar-refractivity contribution in [3.8, 4) is 11.3 Å². The molecule has 2 aromatic carbocycles. The Labute approximate surface area is 157 Å². The summed E-state index contributed by atoms with van der Waals surface area (Å²) in [5.74, 6) is 0. The van der Waals surface area contributed by atoms with Crippen LogP contribution >= 0.6 is 0 Å². The van der Waals surface area contributed by atoms with Crippen molar-refractivity contribution in [3.63, 3.8) is 0 Å². The van der Waals surface area contributed by atoms with Crippen molar-refractivity contribution in [1.82, 2.24) is 4.98 Å². The summed E-state index contributed by atoms with van der Waals surface area (Å²) in [6.07, 6.45) is -2.55. The lowest BCUT2D eigenvalue weighted by Gasteiger charge is -2.35. The molecule has 27 heavy (non-hydrogen) atoms. The Hall–Kier alpha value is -2.36. The number of benzene rings is 2. The summed E-state index contributed by atoms with van der Waals surface area (Å²) in [6.45, 7) is 6.80. The van der Waals surface area contributed by atoms with Crippen molar-refractivity contribution in [2.45, 2.75) is 45.7 Å². The lowest BCUT2D eigenvalue weighted by Crippen LogP contribution is -2.34. The zero-order chi connectivity index (χ0) is 19.6. The molecule has 1 nitrogen and oxygen atoms in total. The molecule has 0 saturated carbocycles. The monoisotopic (exact) mass is 369 g/mol. The first-order chi connectivity index (χ1) is 12.5. The van der Waals surface area contributed by atoms with E-state index in [2.05, 4.69) is 31.0 Å². The van der Waals surface area contributed by atoms with E-state index in [1.165, 1.54) is 13.8 Å². The van der Waals surface area contributed by atoms with Gasteiger partial charge in [0.05, 0.1) is 11.1 Å². The Morgan fingerprint density at radius 3 is 2.37 bits per heavy atom. The number of hydrogen-bond donors (Lipinski definition) is 0. The molecule has 0 saturated heterocycles. The summed E-state index contributed by atoms with van der Waals surface area (Å²) in [4.78, 5) is 4.61. The zero-order valence-electron chi connectivity index (χ0n) is 15.9. The first kappa shape index (κ1) is 18.0. The second kappa shape index (κ2) is 5.57. The number of rotatable bonds is 2. The molecule has 1 aliphatic rings. The zero-order valence-corrected chi connectivity index (χ0v) is 15.9. The van der Waals surface area contributed by atoms with Crippen LogP contribution in [-0.2, 0) is 11.8 Å². The van der Waals surface area contributed by atoms with Crippen molar-refractivity contribution in [2.75, 3.05) is 0 Å². The highest BCUT2D eigenvalue weighted by molar-refractivity contribution is 6.01. The van der Waals surface area contributed by atoms with Gasteiger partial charge in [-0.3, -0.25) is 4.98 Å². The second-order valence-corrected chi connectivity index (χ2v) is 8.63. The van der Waals surface area contributed by atoms with E-state index in [1.807, 2.05) is 30.3 Å². The van der Waals surface area contributed by atoms with Crippen LogP contribution < -0.4 is 0 Å². The Kier molecular flexibility index (Phi) is 3.72. The number of fused-ring (bicyclic) bond motifs is 2. The highest BCUT2D eigenvalue weighted by atomic mass is 19.4. The van der Waals surface area contributed by atoms with E-state index in [0.717, 1.165) is 33.2 Å². The van der Waals surface area contributed by atoms with Gasteiger partial charge in [-0.15, -0.1) is 0 Å². The van der Waals surface area contributed by atoms with Gasteiger partial charge in [0.2, 0.25) is 0 Å². The average Bonchev–Trinajstić information content (AvgIpc) is 2.58. The van der Waals surface area contributed by atoms with Crippen LogP contribution in [0.25, 0.3) is 22.0 Å². The molecule has 4 rings (SSSR count). The van der Waals surface area contributed by atoms with E-state index in [9.17, 15) is 13.2 Å². The van der Waals surface area contributed by atoms with Crippen LogP contribution in [0.3, 0.4) is 0 Å². The molecule has 1 heterocycles. The first-order valence-electron chi connectivity index (χ1n) is 9.11. The van der Waals surface area contributed by atoms with Gasteiger partial charge in [-0.25, -0.2) is 0 Å². The number of pyridine rings is 1. The molecule has 0 N–H and O–H groups in total. The fourth-order valence-corrected chi connectivity index (χ4v) is 4.17. The molecule has 140 valence electrons. The molecule has 0 aliphatic heterocycles. The summed E-state index contributed by atoms with van der Waals surface area (Å²) in [7, 11) is 0. The van der Waals surface area contributed by atoms with Crippen LogP contribution in [0.15, 0.2) is 48.7 Å². The lowest BCUT2D eigenvalue weighted by atomic mass is 9.69. The lowest BCUT2D eigenvalue weighted by molar-refractivity contribution is -0.211. The minimum absolute atomic E-state index is 0.0468. The highest BCUT2D eigenvalue weighted by Gasteiger charge is 2.47. The standard InChI is InChI=1S/C23H22F3N/c1-21(2,23(24,25)26)13-14-11-15-9-10-27-20-16-7-5-6-8-17(16)22(3,4)18(12-14)19(15)20/h5-12H,13H2,1-4H3. The fraction of sp³-hybridized carbons (Fsp3) is 0.348. The van der Waals surface area contributed by atoms with Gasteiger partial charge in [0.15, 0.2) is 0 Å². The SMILES string of the molecule is CC1(C)c2ccccc2-c2nccc3cc(CC(C)(C)C(F)(F)F)cc1c23. The van der Waals surface area contributed by atoms with Crippen molar-refractivity contribution < 1.29 is 13.2 Å². The normalized spacial score (nSPS) is 15.7. The van der Waals surface area contributed by atoms with Gasteiger partial charge < -0.3 is 0 Å². The third-order valence-corrected chi connectivity index (χ3v) is 5.87. The summed E-state index contributed by atoms with van der Waals surface area (Å²) in [6, 6.07) is 13.9. The van der Waals surface area contributed by atoms with Crippen LogP contribution in [0, 0.1) is 5.41 Å². The predicted molar refractivity (Wildman–Crippen MR) is 103 cm³/mol. The third kappa shape index (κ3) is 2.65. The summed E-state index contributed by atoms with van der Waals surface area (Å²) < 4.78 is 40.3. The molecule has 1 aromatic heterocycles. The van der Waals surface area contributed by atoms with Crippen LogP contribution in [-0.4, -0.2) is 11.2 Å². The maximum atomic E-state index is 13.4. The average molecular weight is 369 g/mol. The van der Waals surface area contributed by atoms with Crippen molar-refractivity contribution in [1.29, 1.82) is 0 Å². The van der Waals surface area contributed by atoms with Gasteiger partial charge in [-0.2, -0.15) is 13.2 Å². The maximum absolute atomic E-state index is 13.4. The predicted octanol–water partition coefficient (Wildman–Crippen LogP) is 6.67. The Bertz CT molecular complexity index is 1050. The molecule has 0 atom stereocenters. The number of alkyl halides is 3. The molecule has 0 spiro atoms. The van der Waals surface area contributed by atoms with Crippen molar-refractivity contribution in [2.24, 2.45) is 5.41 Å². The highest BCUT2D eigenvalue weighted by Crippen LogP contribution is 2.49. The van der Waals surface area contributed by atoms with Crippen molar-refractivity contribution in [3.05, 3.63) is 65.4 Å². The maximum Gasteiger partial charge on any atom is 0.394 e. The molecule has 3 aromatic rings. The molecular formula is C23H22F3N. The van der Waals surface area contributed by atoms with Gasteiger partial charge >= 0.3 is 6.18 Å². The molecule has 0 bridgehead atoms. The summed E-state index contributed by atoms with van der Waals surface area (Å²) >= 11 is 0. The molecule has 0 radical (unpaired) electrons. The van der Waals surface area contributed by atoms with Gasteiger partial charge in [0.25, 0.3) is 0 Å². The van der Waals surface area contributed by atoms with E-state index >= 15 is 0 Å². The van der Waals surface area contributed by atoms with E-state index < -0.39 is 11.6 Å². The minimum Gasteiger partial charge on any atom is -0.256 e. The number of aromatic nitrogens is 1. The largest absolute Gasteiger partial charge is 0.394 e. The molecule has 0 fully saturated rings. The molecule has 0 unspecified atom stereocenters. The van der Waals surface area contributed by atoms with E-state index in [4.69, 9.17) is 0 Å². The van der Waals surface area contributed by atoms with Gasteiger partial charge in [0.1, 0.15) is 0 Å². The van der Waals surface area contributed by atoms with Gasteiger partial charge in [-0.1, -0.05) is 64.1 Å². The third-order valence-electron chi connectivity index (χ3n) is 5.87. The van der Waals surface area contributed by atoms with Crippen LogP contribution in [0.5, 0.6) is 0 Å². The molecule has 4 heteroatoms. The van der Waals surface area contributed by atoms with Crippen LogP contribution in [0.4, 0.5) is 13.2 Å². The quantitative estimate of drug-likeness (QED) is 0.491. The van der Waals surface area contributed by atoms with Crippen molar-refractivity contribution >= 4 is 10.8 Å². The molecular weight excluding hydrogens is 347 g/mol. The fourth-order valence-electron chi connectivity index (χ4n) is 4.17. The Morgan fingerprint density at radius 1 is 0.963 bits per heavy atom. The van der Waals surface area contributed by atoms with E-state index in [1.54, 1.807) is 6.20 Å². The van der Waals surface area contributed by atoms with E-state index in [-0.39, 0.29) is 11.8 Å². The Balaban J connectivity index is 1.98. The number of nitrogens with zero attached hydrogens (tertiary/aromatic N) is 1. The van der Waals surface area contributed by atoms with Gasteiger partial charge in [-0.05, 0) is 34.6 Å². The first-order valence-corrected chi connectivity index (χ1v) is 9.11. The van der Waals surface area contributed by atoms with E-state index in [0.29, 0.717) is 5.56 Å². The van der Waals surface area contributed by atoms with Crippen LogP contribution in [0.1, 0.15) is 44.4 Å². The number of halogens is 3. The smallest absolute Gasteiger partial charge is 0.256 e. The summed E-state index contributed by atoms with van der Waals surface area (Å²) in [5.41, 5.74) is 2.86.